The Morgan fingerprint density at radius 1 is 1.37 bits per heavy atom. The van der Waals surface area contributed by atoms with Crippen molar-refractivity contribution < 1.29 is 14.3 Å². The summed E-state index contributed by atoms with van der Waals surface area (Å²) in [7, 11) is 0. The summed E-state index contributed by atoms with van der Waals surface area (Å²) in [6.45, 7) is 3.38. The van der Waals surface area contributed by atoms with Gasteiger partial charge in [-0.05, 0) is 41.4 Å². The highest BCUT2D eigenvalue weighted by Crippen LogP contribution is 2.41. The second-order valence-electron chi connectivity index (χ2n) is 4.94. The van der Waals surface area contributed by atoms with E-state index >= 15 is 0 Å². The van der Waals surface area contributed by atoms with Crippen molar-refractivity contribution in [3.05, 3.63) is 46.5 Å². The average Bonchev–Trinajstić information content (AvgIpc) is 2.62. The summed E-state index contributed by atoms with van der Waals surface area (Å²) >= 11 is 3.19. The fraction of sp³-hybridized carbons (Fsp3) is 0.333. The maximum atomic E-state index is 11.6. The lowest BCUT2D eigenvalue weighted by atomic mass is 9.80. The van der Waals surface area contributed by atoms with E-state index < -0.39 is 5.60 Å². The number of ether oxygens (including phenoxy) is 1. The molecule has 100 valence electrons. The number of esters is 1. The Bertz CT molecular complexity index is 536. The van der Waals surface area contributed by atoms with Gasteiger partial charge in [-0.15, -0.1) is 0 Å². The Hall–Kier alpha value is -1.42. The lowest BCUT2D eigenvalue weighted by Crippen LogP contribution is -2.33. The van der Waals surface area contributed by atoms with Crippen molar-refractivity contribution in [3.8, 4) is 0 Å². The van der Waals surface area contributed by atoms with Crippen LogP contribution in [0.4, 0.5) is 0 Å². The molecule has 0 fully saturated rings. The Morgan fingerprint density at radius 2 is 2.00 bits per heavy atom. The molecule has 3 nitrogen and oxygen atoms in total. The fourth-order valence-electron chi connectivity index (χ4n) is 2.38. The molecule has 1 heterocycles. The van der Waals surface area contributed by atoms with E-state index in [0.29, 0.717) is 10.9 Å². The minimum atomic E-state index is -0.789. The molecular formula is C15H15BrO3. The topological polar surface area (TPSA) is 43.4 Å². The van der Waals surface area contributed by atoms with Crippen molar-refractivity contribution in [2.45, 2.75) is 31.8 Å². The van der Waals surface area contributed by atoms with E-state index in [1.165, 1.54) is 0 Å². The average molecular weight is 323 g/mol. The monoisotopic (exact) mass is 322 g/mol. The molecule has 19 heavy (non-hydrogen) atoms. The van der Waals surface area contributed by atoms with Crippen molar-refractivity contribution in [2.75, 3.05) is 0 Å². The number of ketones is 1. The highest BCUT2D eigenvalue weighted by molar-refractivity contribution is 9.12. The lowest BCUT2D eigenvalue weighted by Gasteiger charge is -2.31. The molecule has 2 atom stereocenters. The molecule has 0 bridgehead atoms. The summed E-state index contributed by atoms with van der Waals surface area (Å²) in [5.74, 6) is -0.486. The van der Waals surface area contributed by atoms with E-state index in [2.05, 4.69) is 15.9 Å². The minimum Gasteiger partial charge on any atom is -0.450 e. The highest BCUT2D eigenvalue weighted by atomic mass is 79.9. The summed E-state index contributed by atoms with van der Waals surface area (Å²) < 4.78 is 5.86. The fourth-order valence-corrected chi connectivity index (χ4v) is 2.92. The van der Waals surface area contributed by atoms with Crippen LogP contribution >= 0.6 is 15.9 Å². The zero-order chi connectivity index (χ0) is 14.0. The number of cyclic esters (lactones) is 1. The maximum Gasteiger partial charge on any atom is 0.345 e. The summed E-state index contributed by atoms with van der Waals surface area (Å²) in [5, 5.41) is 0. The van der Waals surface area contributed by atoms with Gasteiger partial charge in [0.1, 0.15) is 15.9 Å². The van der Waals surface area contributed by atoms with Crippen LogP contribution in [0.15, 0.2) is 40.9 Å². The zero-order valence-electron chi connectivity index (χ0n) is 10.9. The van der Waals surface area contributed by atoms with Gasteiger partial charge >= 0.3 is 5.97 Å². The third kappa shape index (κ3) is 2.95. The van der Waals surface area contributed by atoms with Crippen LogP contribution < -0.4 is 0 Å². The quantitative estimate of drug-likeness (QED) is 0.798. The molecule has 0 N–H and O–H groups in total. The Morgan fingerprint density at radius 3 is 2.47 bits per heavy atom. The number of rotatable bonds is 4. The smallest absolute Gasteiger partial charge is 0.345 e. The van der Waals surface area contributed by atoms with Gasteiger partial charge in [0.05, 0.1) is 0 Å². The molecule has 0 spiro atoms. The van der Waals surface area contributed by atoms with Gasteiger partial charge in [0.2, 0.25) is 0 Å². The lowest BCUT2D eigenvalue weighted by molar-refractivity contribution is -0.147. The molecule has 0 saturated heterocycles. The molecule has 1 aliphatic heterocycles. The standard InChI is InChI=1S/C15H15BrO3/c1-10(17)8-12(11-6-4-3-5-7-11)15(2)9-13(16)14(18)19-15/h3-7,9,12H,8H2,1-2H3/t12-,15+/m0/s1. The SMILES string of the molecule is CC(=O)C[C@@H](c1ccccc1)[C@@]1(C)C=C(Br)C(=O)O1. The molecule has 2 rings (SSSR count). The molecule has 0 saturated carbocycles. The minimum absolute atomic E-state index is 0.0718. The summed E-state index contributed by atoms with van der Waals surface area (Å²) in [4.78, 5) is 23.1. The van der Waals surface area contributed by atoms with Crippen molar-refractivity contribution in [2.24, 2.45) is 0 Å². The number of carbonyl (C=O) groups excluding carboxylic acids is 2. The number of halogens is 1. The summed E-state index contributed by atoms with van der Waals surface area (Å²) in [6, 6.07) is 9.66. The van der Waals surface area contributed by atoms with Crippen molar-refractivity contribution >= 4 is 27.7 Å². The van der Waals surface area contributed by atoms with Gasteiger partial charge in [-0.3, -0.25) is 0 Å². The van der Waals surface area contributed by atoms with Gasteiger partial charge < -0.3 is 9.53 Å². The predicted molar refractivity (Wildman–Crippen MR) is 76.0 cm³/mol. The molecule has 0 aliphatic carbocycles. The zero-order valence-corrected chi connectivity index (χ0v) is 12.4. The molecule has 0 unspecified atom stereocenters. The molecular weight excluding hydrogens is 308 g/mol. The van der Waals surface area contributed by atoms with Gasteiger partial charge in [-0.25, -0.2) is 4.79 Å². The second kappa shape index (κ2) is 5.29. The third-order valence-corrected chi connectivity index (χ3v) is 3.86. The van der Waals surface area contributed by atoms with Crippen molar-refractivity contribution in [1.82, 2.24) is 0 Å². The van der Waals surface area contributed by atoms with E-state index in [1.54, 1.807) is 13.0 Å². The molecule has 0 radical (unpaired) electrons. The van der Waals surface area contributed by atoms with Crippen LogP contribution in [0, 0.1) is 0 Å². The van der Waals surface area contributed by atoms with Crippen LogP contribution in [0.5, 0.6) is 0 Å². The summed E-state index contributed by atoms with van der Waals surface area (Å²) in [5.41, 5.74) is 0.203. The van der Waals surface area contributed by atoms with Gasteiger partial charge in [-0.2, -0.15) is 0 Å². The van der Waals surface area contributed by atoms with Crippen LogP contribution in [-0.4, -0.2) is 17.4 Å². The number of hydrogen-bond donors (Lipinski definition) is 0. The largest absolute Gasteiger partial charge is 0.450 e. The number of benzene rings is 1. The van der Waals surface area contributed by atoms with Crippen LogP contribution in [0.25, 0.3) is 0 Å². The summed E-state index contributed by atoms with van der Waals surface area (Å²) in [6.07, 6.45) is 2.08. The number of Topliss-reactive ketones (excluding diaryl/α,β-unsaturated/α-hetero) is 1. The molecule has 1 aromatic carbocycles. The van der Waals surface area contributed by atoms with Crippen LogP contribution in [0.3, 0.4) is 0 Å². The maximum absolute atomic E-state index is 11.6. The molecule has 0 aromatic heterocycles. The number of carbonyl (C=O) groups is 2. The van der Waals surface area contributed by atoms with Crippen molar-refractivity contribution in [3.63, 3.8) is 0 Å². The van der Waals surface area contributed by atoms with Gasteiger partial charge in [0.25, 0.3) is 0 Å². The van der Waals surface area contributed by atoms with Crippen LogP contribution in [0.1, 0.15) is 31.7 Å². The van der Waals surface area contributed by atoms with Crippen LogP contribution in [-0.2, 0) is 14.3 Å². The van der Waals surface area contributed by atoms with Gasteiger partial charge in [0.15, 0.2) is 0 Å². The first kappa shape index (κ1) is 14.0. The Labute approximate surface area is 120 Å². The molecule has 1 aliphatic rings. The normalized spacial score (nSPS) is 23.7. The van der Waals surface area contributed by atoms with E-state index in [9.17, 15) is 9.59 Å². The second-order valence-corrected chi connectivity index (χ2v) is 5.79. The van der Waals surface area contributed by atoms with E-state index in [4.69, 9.17) is 4.74 Å². The first-order chi connectivity index (χ1) is 8.92. The van der Waals surface area contributed by atoms with Gasteiger partial charge in [0, 0.05) is 12.3 Å². The predicted octanol–water partition coefficient (Wildman–Crippen LogP) is 3.34. The number of hydrogen-bond acceptors (Lipinski definition) is 3. The molecule has 1 aromatic rings. The first-order valence-corrected chi connectivity index (χ1v) is 6.88. The Balaban J connectivity index is 2.39. The Kier molecular flexibility index (Phi) is 3.90. The van der Waals surface area contributed by atoms with Gasteiger partial charge in [-0.1, -0.05) is 30.3 Å². The first-order valence-electron chi connectivity index (χ1n) is 6.08. The third-order valence-electron chi connectivity index (χ3n) is 3.31. The van der Waals surface area contributed by atoms with E-state index in [0.717, 1.165) is 5.56 Å². The van der Waals surface area contributed by atoms with Crippen LogP contribution in [0.2, 0.25) is 0 Å². The van der Waals surface area contributed by atoms with E-state index in [1.807, 2.05) is 37.3 Å². The molecule has 4 heteroatoms. The van der Waals surface area contributed by atoms with E-state index in [-0.39, 0.29) is 17.7 Å². The molecule has 0 amide bonds. The van der Waals surface area contributed by atoms with Crippen molar-refractivity contribution in [1.29, 1.82) is 0 Å². The highest BCUT2D eigenvalue weighted by Gasteiger charge is 2.43.